The number of nitriles is 1. The van der Waals surface area contributed by atoms with Gasteiger partial charge in [-0.2, -0.15) is 5.26 Å². The van der Waals surface area contributed by atoms with Crippen LogP contribution >= 0.6 is 22.9 Å². The molecule has 4 nitrogen and oxygen atoms in total. The fourth-order valence-electron chi connectivity index (χ4n) is 3.12. The van der Waals surface area contributed by atoms with Crippen LogP contribution in [0.3, 0.4) is 0 Å². The van der Waals surface area contributed by atoms with Crippen molar-refractivity contribution in [2.24, 2.45) is 0 Å². The number of nitrogens with zero attached hydrogens (tertiary/aromatic N) is 1. The number of thiophene rings is 1. The Labute approximate surface area is 154 Å². The first-order valence-corrected chi connectivity index (χ1v) is 9.27. The molecule has 1 atom stereocenters. The highest BCUT2D eigenvalue weighted by molar-refractivity contribution is 7.16. The summed E-state index contributed by atoms with van der Waals surface area (Å²) in [5.74, 6) is -0.560. The maximum atomic E-state index is 13.9. The molecule has 1 amide bonds. The van der Waals surface area contributed by atoms with Crippen LogP contribution < -0.4 is 10.2 Å². The number of rotatable bonds is 5. The molecule has 1 unspecified atom stereocenters. The molecule has 1 aromatic heterocycles. The predicted octanol–water partition coefficient (Wildman–Crippen LogP) is 2.55. The van der Waals surface area contributed by atoms with Crippen LogP contribution in [0.2, 0.25) is 5.02 Å². The molecule has 0 fully saturated rings. The monoisotopic (exact) mass is 378 g/mol. The lowest BCUT2D eigenvalue weighted by Crippen LogP contribution is -3.08. The van der Waals surface area contributed by atoms with Crippen molar-refractivity contribution in [3.8, 4) is 6.07 Å². The molecule has 1 aliphatic rings. The molecule has 0 radical (unpaired) electrons. The number of aryl methyl sites for hydroxylation is 1. The summed E-state index contributed by atoms with van der Waals surface area (Å²) in [6.07, 6.45) is 2.95. The summed E-state index contributed by atoms with van der Waals surface area (Å²) in [5, 5.41) is 13.2. The lowest BCUT2D eigenvalue weighted by atomic mass is 10.1. The summed E-state index contributed by atoms with van der Waals surface area (Å²) in [4.78, 5) is 14.3. The number of likely N-dealkylation sites (N-methyl/N-ethyl adjacent to an activating group) is 1. The third-order valence-corrected chi connectivity index (χ3v) is 5.85. The van der Waals surface area contributed by atoms with Crippen molar-refractivity contribution in [2.45, 2.75) is 25.8 Å². The van der Waals surface area contributed by atoms with E-state index in [9.17, 15) is 14.4 Å². The van der Waals surface area contributed by atoms with Gasteiger partial charge in [0.05, 0.1) is 23.2 Å². The van der Waals surface area contributed by atoms with Crippen LogP contribution in [0.25, 0.3) is 0 Å². The number of amides is 1. The summed E-state index contributed by atoms with van der Waals surface area (Å²) in [7, 11) is 1.81. The first-order valence-electron chi connectivity index (χ1n) is 8.08. The highest BCUT2D eigenvalue weighted by atomic mass is 35.5. The fraction of sp³-hybridized carbons (Fsp3) is 0.333. The smallest absolute Gasteiger partial charge is 0.280 e. The van der Waals surface area contributed by atoms with Crippen LogP contribution in [0, 0.1) is 17.1 Å². The van der Waals surface area contributed by atoms with Crippen molar-refractivity contribution in [3.63, 3.8) is 0 Å². The van der Waals surface area contributed by atoms with Crippen LogP contribution in [0.5, 0.6) is 0 Å². The molecule has 1 aromatic carbocycles. The van der Waals surface area contributed by atoms with Crippen LogP contribution in [-0.2, 0) is 24.2 Å². The Morgan fingerprint density at radius 3 is 3.00 bits per heavy atom. The van der Waals surface area contributed by atoms with E-state index in [1.165, 1.54) is 22.3 Å². The number of hydrogen-bond donors (Lipinski definition) is 2. The zero-order valence-corrected chi connectivity index (χ0v) is 15.4. The van der Waals surface area contributed by atoms with E-state index >= 15 is 0 Å². The Bertz CT molecular complexity index is 838. The maximum absolute atomic E-state index is 13.9. The standard InChI is InChI=1S/C18H17ClFN3OS/c1-23(9-13-14(19)5-3-6-15(13)20)10-17(24)22-18-12(8-21)11-4-2-7-16(11)25-18/h3,5-6H,2,4,7,9-10H2,1H3,(H,22,24)/p+1. The first kappa shape index (κ1) is 17.9. The summed E-state index contributed by atoms with van der Waals surface area (Å²) >= 11 is 7.53. The van der Waals surface area contributed by atoms with Gasteiger partial charge < -0.3 is 10.2 Å². The van der Waals surface area contributed by atoms with E-state index in [0.717, 1.165) is 29.7 Å². The molecule has 3 rings (SSSR count). The number of fused-ring (bicyclic) bond motifs is 1. The average Bonchev–Trinajstić information content (AvgIpc) is 3.11. The van der Waals surface area contributed by atoms with E-state index < -0.39 is 0 Å². The molecule has 0 saturated carbocycles. The Hall–Kier alpha value is -1.94. The molecule has 0 aliphatic heterocycles. The third kappa shape index (κ3) is 3.84. The van der Waals surface area contributed by atoms with Crippen LogP contribution in [0.15, 0.2) is 18.2 Å². The number of carbonyl (C=O) groups excluding carboxylic acids is 1. The van der Waals surface area contributed by atoms with Gasteiger partial charge in [0, 0.05) is 4.88 Å². The fourth-order valence-corrected chi connectivity index (χ4v) is 4.61. The summed E-state index contributed by atoms with van der Waals surface area (Å²) in [5.41, 5.74) is 2.09. The van der Waals surface area contributed by atoms with Gasteiger partial charge in [-0.15, -0.1) is 11.3 Å². The third-order valence-electron chi connectivity index (χ3n) is 4.29. The number of nitrogens with one attached hydrogen (secondary N) is 2. The van der Waals surface area contributed by atoms with E-state index in [-0.39, 0.29) is 18.3 Å². The molecule has 25 heavy (non-hydrogen) atoms. The van der Waals surface area contributed by atoms with Gasteiger partial charge in [-0.25, -0.2) is 4.39 Å². The number of quaternary nitrogens is 1. The van der Waals surface area contributed by atoms with E-state index in [2.05, 4.69) is 11.4 Å². The van der Waals surface area contributed by atoms with Gasteiger partial charge in [-0.05, 0) is 37.0 Å². The van der Waals surface area contributed by atoms with Crippen molar-refractivity contribution in [1.29, 1.82) is 5.26 Å². The molecule has 2 N–H and O–H groups in total. The summed E-state index contributed by atoms with van der Waals surface area (Å²) in [6.45, 7) is 0.475. The van der Waals surface area contributed by atoms with Crippen molar-refractivity contribution in [1.82, 2.24) is 0 Å². The van der Waals surface area contributed by atoms with Gasteiger partial charge in [0.15, 0.2) is 6.54 Å². The van der Waals surface area contributed by atoms with E-state index in [1.54, 1.807) is 12.1 Å². The number of benzene rings is 1. The van der Waals surface area contributed by atoms with Crippen LogP contribution in [0.4, 0.5) is 9.39 Å². The molecular formula is C18H18ClFN3OS+. The maximum Gasteiger partial charge on any atom is 0.280 e. The lowest BCUT2D eigenvalue weighted by Gasteiger charge is -2.15. The lowest BCUT2D eigenvalue weighted by molar-refractivity contribution is -0.885. The van der Waals surface area contributed by atoms with Crippen molar-refractivity contribution in [2.75, 3.05) is 18.9 Å². The predicted molar refractivity (Wildman–Crippen MR) is 96.6 cm³/mol. The second kappa shape index (κ2) is 7.52. The normalized spacial score (nSPS) is 14.0. The van der Waals surface area contributed by atoms with Gasteiger partial charge in [-0.3, -0.25) is 4.79 Å². The Balaban J connectivity index is 1.64. The van der Waals surface area contributed by atoms with E-state index in [1.807, 2.05) is 7.05 Å². The number of halogens is 2. The van der Waals surface area contributed by atoms with Crippen molar-refractivity contribution >= 4 is 33.8 Å². The largest absolute Gasteiger partial charge is 0.326 e. The number of hydrogen-bond acceptors (Lipinski definition) is 3. The molecule has 0 saturated heterocycles. The average molecular weight is 379 g/mol. The molecule has 1 aliphatic carbocycles. The zero-order chi connectivity index (χ0) is 18.0. The molecule has 2 aromatic rings. The number of carbonyl (C=O) groups is 1. The number of anilines is 1. The molecule has 1 heterocycles. The minimum Gasteiger partial charge on any atom is -0.326 e. The topological polar surface area (TPSA) is 57.3 Å². The van der Waals surface area contributed by atoms with Gasteiger partial charge in [0.25, 0.3) is 5.91 Å². The Morgan fingerprint density at radius 2 is 2.28 bits per heavy atom. The molecular weight excluding hydrogens is 361 g/mol. The molecule has 0 bridgehead atoms. The van der Waals surface area contributed by atoms with Crippen LogP contribution in [0.1, 0.15) is 28.0 Å². The second-order valence-corrected chi connectivity index (χ2v) is 7.74. The Kier molecular flexibility index (Phi) is 5.38. The zero-order valence-electron chi connectivity index (χ0n) is 13.8. The second-order valence-electron chi connectivity index (χ2n) is 6.23. The van der Waals surface area contributed by atoms with Gasteiger partial charge in [0.1, 0.15) is 23.4 Å². The quantitative estimate of drug-likeness (QED) is 0.840. The minimum absolute atomic E-state index is 0.165. The van der Waals surface area contributed by atoms with Gasteiger partial charge in [-0.1, -0.05) is 17.7 Å². The summed E-state index contributed by atoms with van der Waals surface area (Å²) < 4.78 is 13.9. The Morgan fingerprint density at radius 1 is 1.48 bits per heavy atom. The summed E-state index contributed by atoms with van der Waals surface area (Å²) in [6, 6.07) is 6.77. The molecule has 0 spiro atoms. The van der Waals surface area contributed by atoms with Gasteiger partial charge in [0.2, 0.25) is 0 Å². The molecule has 7 heteroatoms. The minimum atomic E-state index is -0.367. The molecule has 130 valence electrons. The highest BCUT2D eigenvalue weighted by Gasteiger charge is 2.24. The van der Waals surface area contributed by atoms with Crippen LogP contribution in [-0.4, -0.2) is 19.5 Å². The van der Waals surface area contributed by atoms with E-state index in [4.69, 9.17) is 11.6 Å². The van der Waals surface area contributed by atoms with E-state index in [0.29, 0.717) is 27.7 Å². The van der Waals surface area contributed by atoms with Crippen molar-refractivity contribution < 1.29 is 14.1 Å². The highest BCUT2D eigenvalue weighted by Crippen LogP contribution is 2.38. The first-order chi connectivity index (χ1) is 12.0. The SMILES string of the molecule is C[NH+](CC(=O)Nc1sc2c(c1C#N)CCC2)Cc1c(F)cccc1Cl. The van der Waals surface area contributed by atoms with Crippen molar-refractivity contribution in [3.05, 3.63) is 50.6 Å². The van der Waals surface area contributed by atoms with Gasteiger partial charge >= 0.3 is 0 Å².